The Morgan fingerprint density at radius 2 is 1.86 bits per heavy atom. The molecule has 0 aromatic heterocycles. The highest BCUT2D eigenvalue weighted by Crippen LogP contribution is 2.16. The highest BCUT2D eigenvalue weighted by molar-refractivity contribution is 6.34. The molecule has 1 aromatic rings. The predicted molar refractivity (Wildman–Crippen MR) is 80.8 cm³/mol. The molecule has 0 atom stereocenters. The molecule has 1 saturated heterocycles. The molecule has 1 fully saturated rings. The Hall–Kier alpha value is -1.59. The molecule has 1 amide bonds. The zero-order valence-electron chi connectivity index (χ0n) is 12.0. The summed E-state index contributed by atoms with van der Waals surface area (Å²) in [6.07, 6.45) is -0.283. The molecule has 0 spiro atoms. The smallest absolute Gasteiger partial charge is 0.409 e. The highest BCUT2D eigenvalue weighted by atomic mass is 35.5. The number of rotatable bonds is 4. The first kappa shape index (κ1) is 15.8. The first-order chi connectivity index (χ1) is 10.1. The van der Waals surface area contributed by atoms with Crippen molar-refractivity contribution in [1.82, 2.24) is 9.80 Å². The number of piperazine rings is 1. The van der Waals surface area contributed by atoms with Gasteiger partial charge in [0, 0.05) is 31.7 Å². The molecule has 5 nitrogen and oxygen atoms in total. The lowest BCUT2D eigenvalue weighted by molar-refractivity contribution is 0.0733. The first-order valence-corrected chi connectivity index (χ1v) is 7.41. The number of nitrogens with zero attached hydrogens (tertiary/aromatic N) is 2. The third-order valence-corrected chi connectivity index (χ3v) is 3.77. The maximum absolute atomic E-state index is 12.2. The second-order valence-electron chi connectivity index (χ2n) is 4.87. The van der Waals surface area contributed by atoms with E-state index in [0.717, 1.165) is 0 Å². The topological polar surface area (TPSA) is 49.9 Å². The van der Waals surface area contributed by atoms with Crippen LogP contribution >= 0.6 is 11.6 Å². The molecule has 1 aliphatic heterocycles. The van der Waals surface area contributed by atoms with E-state index in [9.17, 15) is 9.59 Å². The first-order valence-electron chi connectivity index (χ1n) is 7.03. The molecule has 0 aliphatic carbocycles. The van der Waals surface area contributed by atoms with Gasteiger partial charge >= 0.3 is 6.09 Å². The van der Waals surface area contributed by atoms with Crippen LogP contribution in [-0.2, 0) is 4.74 Å². The summed E-state index contributed by atoms with van der Waals surface area (Å²) in [5.74, 6) is 0.00480. The van der Waals surface area contributed by atoms with E-state index < -0.39 is 0 Å². The summed E-state index contributed by atoms with van der Waals surface area (Å²) in [4.78, 5) is 27.5. The summed E-state index contributed by atoms with van der Waals surface area (Å²) in [6.45, 7) is 4.97. The third-order valence-electron chi connectivity index (χ3n) is 3.44. The molecule has 0 saturated carbocycles. The van der Waals surface area contributed by atoms with Gasteiger partial charge in [0.05, 0.1) is 18.2 Å². The van der Waals surface area contributed by atoms with E-state index in [-0.39, 0.29) is 11.9 Å². The van der Waals surface area contributed by atoms with Crippen LogP contribution in [0.1, 0.15) is 17.3 Å². The summed E-state index contributed by atoms with van der Waals surface area (Å²) in [5, 5.41) is 0.479. The summed E-state index contributed by atoms with van der Waals surface area (Å²) in [7, 11) is 0. The molecule has 1 aromatic carbocycles. The van der Waals surface area contributed by atoms with Crippen LogP contribution in [0.3, 0.4) is 0 Å². The van der Waals surface area contributed by atoms with Crippen molar-refractivity contribution in [2.24, 2.45) is 0 Å². The van der Waals surface area contributed by atoms with E-state index in [1.807, 2.05) is 4.90 Å². The van der Waals surface area contributed by atoms with E-state index in [1.165, 1.54) is 0 Å². The second kappa shape index (κ2) is 7.43. The van der Waals surface area contributed by atoms with Gasteiger partial charge in [0.1, 0.15) is 0 Å². The van der Waals surface area contributed by atoms with Gasteiger partial charge in [-0.3, -0.25) is 9.69 Å². The third kappa shape index (κ3) is 4.19. The van der Waals surface area contributed by atoms with Crippen LogP contribution in [0.25, 0.3) is 0 Å². The molecular formula is C15H19ClN2O3. The monoisotopic (exact) mass is 310 g/mol. The summed E-state index contributed by atoms with van der Waals surface area (Å²) in [5.41, 5.74) is 0.548. The lowest BCUT2D eigenvalue weighted by Gasteiger charge is -2.33. The molecule has 0 N–H and O–H groups in total. The number of halogens is 1. The van der Waals surface area contributed by atoms with Crippen molar-refractivity contribution in [3.8, 4) is 0 Å². The van der Waals surface area contributed by atoms with Crippen LogP contribution in [0.15, 0.2) is 24.3 Å². The number of benzene rings is 1. The lowest BCUT2D eigenvalue weighted by Crippen LogP contribution is -2.50. The molecule has 114 valence electrons. The summed E-state index contributed by atoms with van der Waals surface area (Å²) < 4.78 is 4.97. The molecule has 0 unspecified atom stereocenters. The number of carbonyl (C=O) groups excluding carboxylic acids is 2. The Balaban J connectivity index is 1.85. The minimum Gasteiger partial charge on any atom is -0.450 e. The van der Waals surface area contributed by atoms with Gasteiger partial charge in [-0.1, -0.05) is 23.7 Å². The molecule has 2 rings (SSSR count). The van der Waals surface area contributed by atoms with E-state index >= 15 is 0 Å². The quantitative estimate of drug-likeness (QED) is 0.801. The van der Waals surface area contributed by atoms with E-state index in [2.05, 4.69) is 0 Å². The summed E-state index contributed by atoms with van der Waals surface area (Å²) in [6, 6.07) is 7.06. The van der Waals surface area contributed by atoms with Gasteiger partial charge in [0.25, 0.3) is 0 Å². The maximum Gasteiger partial charge on any atom is 0.409 e. The second-order valence-corrected chi connectivity index (χ2v) is 5.27. The highest BCUT2D eigenvalue weighted by Gasteiger charge is 2.23. The van der Waals surface area contributed by atoms with Crippen molar-refractivity contribution in [3.63, 3.8) is 0 Å². The molecule has 0 radical (unpaired) electrons. The van der Waals surface area contributed by atoms with Crippen molar-refractivity contribution < 1.29 is 14.3 Å². The summed E-state index contributed by atoms with van der Waals surface area (Å²) >= 11 is 6.03. The van der Waals surface area contributed by atoms with E-state index in [0.29, 0.717) is 49.9 Å². The fourth-order valence-corrected chi connectivity index (χ4v) is 2.52. The van der Waals surface area contributed by atoms with Crippen molar-refractivity contribution >= 4 is 23.5 Å². The van der Waals surface area contributed by atoms with Gasteiger partial charge in [-0.05, 0) is 19.1 Å². The molecule has 6 heteroatoms. The Kier molecular flexibility index (Phi) is 5.59. The number of carbonyl (C=O) groups is 2. The lowest BCUT2D eigenvalue weighted by atomic mass is 10.1. The van der Waals surface area contributed by atoms with Crippen LogP contribution in [0.2, 0.25) is 5.02 Å². The van der Waals surface area contributed by atoms with Crippen LogP contribution in [0.5, 0.6) is 0 Å². The van der Waals surface area contributed by atoms with E-state index in [4.69, 9.17) is 16.3 Å². The van der Waals surface area contributed by atoms with Gasteiger partial charge in [-0.2, -0.15) is 0 Å². The average molecular weight is 311 g/mol. The Morgan fingerprint density at radius 1 is 1.19 bits per heavy atom. The van der Waals surface area contributed by atoms with Crippen LogP contribution in [-0.4, -0.2) is 61.0 Å². The average Bonchev–Trinajstić information content (AvgIpc) is 2.48. The van der Waals surface area contributed by atoms with Crippen LogP contribution < -0.4 is 0 Å². The number of hydrogen-bond acceptors (Lipinski definition) is 4. The molecule has 0 bridgehead atoms. The minimum absolute atomic E-state index is 0.00480. The van der Waals surface area contributed by atoms with Crippen LogP contribution in [0, 0.1) is 0 Å². The number of ether oxygens (including phenoxy) is 1. The molecule has 21 heavy (non-hydrogen) atoms. The van der Waals surface area contributed by atoms with E-state index in [1.54, 1.807) is 36.1 Å². The van der Waals surface area contributed by atoms with Gasteiger partial charge in [0.2, 0.25) is 0 Å². The van der Waals surface area contributed by atoms with Gasteiger partial charge in [-0.15, -0.1) is 0 Å². The Bertz CT molecular complexity index is 513. The number of hydrogen-bond donors (Lipinski definition) is 0. The molecule has 1 heterocycles. The van der Waals surface area contributed by atoms with Gasteiger partial charge in [-0.25, -0.2) is 4.79 Å². The van der Waals surface area contributed by atoms with Crippen molar-refractivity contribution in [2.75, 3.05) is 39.3 Å². The molecule has 1 aliphatic rings. The van der Waals surface area contributed by atoms with Crippen molar-refractivity contribution in [3.05, 3.63) is 34.9 Å². The zero-order valence-corrected chi connectivity index (χ0v) is 12.8. The normalized spacial score (nSPS) is 15.8. The van der Waals surface area contributed by atoms with Crippen molar-refractivity contribution in [1.29, 1.82) is 0 Å². The fourth-order valence-electron chi connectivity index (χ4n) is 2.28. The fraction of sp³-hybridized carbons (Fsp3) is 0.467. The Labute approximate surface area is 129 Å². The largest absolute Gasteiger partial charge is 0.450 e. The van der Waals surface area contributed by atoms with Gasteiger partial charge in [0.15, 0.2) is 5.78 Å². The van der Waals surface area contributed by atoms with Crippen LogP contribution in [0.4, 0.5) is 4.79 Å². The standard InChI is InChI=1S/C15H19ClN2O3/c1-2-21-15(20)18-9-7-17(8-10-18)11-14(19)12-5-3-4-6-13(12)16/h3-6H,2,7-11H2,1H3. The predicted octanol–water partition coefficient (Wildman–Crippen LogP) is 2.30. The minimum atomic E-state index is -0.283. The maximum atomic E-state index is 12.2. The number of amides is 1. The van der Waals surface area contributed by atoms with Crippen molar-refractivity contribution in [2.45, 2.75) is 6.92 Å². The number of ketones is 1. The van der Waals surface area contributed by atoms with Gasteiger partial charge < -0.3 is 9.64 Å². The number of Topliss-reactive ketones (excluding diaryl/α,β-unsaturated/α-hetero) is 1. The SMILES string of the molecule is CCOC(=O)N1CCN(CC(=O)c2ccccc2Cl)CC1. The zero-order chi connectivity index (χ0) is 15.2. The Morgan fingerprint density at radius 3 is 2.48 bits per heavy atom. The molecular weight excluding hydrogens is 292 g/mol.